The maximum atomic E-state index is 14.6. The molecule has 0 bridgehead atoms. The molecule has 5 atom stereocenters. The number of rotatable bonds is 6. The van der Waals surface area contributed by atoms with Gasteiger partial charge in [0.05, 0.1) is 36.6 Å². The molecule has 0 saturated carbocycles. The predicted octanol–water partition coefficient (Wildman–Crippen LogP) is 1.55. The van der Waals surface area contributed by atoms with Crippen LogP contribution in [-0.2, 0) is 22.6 Å². The molecule has 1 fully saturated rings. The number of alkyl halides is 1. The Kier molecular flexibility index (Phi) is 7.20. The van der Waals surface area contributed by atoms with Crippen molar-refractivity contribution in [2.75, 3.05) is 6.54 Å². The fourth-order valence-corrected chi connectivity index (χ4v) is 5.88. The number of amides is 2. The van der Waals surface area contributed by atoms with Crippen molar-refractivity contribution in [3.63, 3.8) is 0 Å². The van der Waals surface area contributed by atoms with Gasteiger partial charge in [0.15, 0.2) is 0 Å². The van der Waals surface area contributed by atoms with Gasteiger partial charge in [0, 0.05) is 17.4 Å². The van der Waals surface area contributed by atoms with Gasteiger partial charge in [0.1, 0.15) is 30.7 Å². The first-order valence-electron chi connectivity index (χ1n) is 13.5. The zero-order valence-electron chi connectivity index (χ0n) is 22.1. The molecule has 3 heterocycles. The zero-order valence-corrected chi connectivity index (χ0v) is 22.1. The van der Waals surface area contributed by atoms with Crippen LogP contribution in [0.1, 0.15) is 42.0 Å². The number of fused-ring (bicyclic) bond motifs is 2. The number of carbonyl (C=O) groups is 2. The van der Waals surface area contributed by atoms with Gasteiger partial charge in [0.25, 0.3) is 0 Å². The van der Waals surface area contributed by atoms with Gasteiger partial charge in [-0.3, -0.25) is 14.3 Å². The lowest BCUT2D eigenvalue weighted by Gasteiger charge is -2.32. The van der Waals surface area contributed by atoms with Crippen molar-refractivity contribution >= 4 is 22.7 Å². The van der Waals surface area contributed by atoms with Crippen molar-refractivity contribution in [1.82, 2.24) is 30.2 Å². The minimum absolute atomic E-state index is 0.132. The molecule has 41 heavy (non-hydrogen) atoms. The van der Waals surface area contributed by atoms with E-state index >= 15 is 0 Å². The van der Waals surface area contributed by atoms with Crippen LogP contribution >= 0.6 is 0 Å². The first-order chi connectivity index (χ1) is 19.8. The molecule has 1 aliphatic carbocycles. The van der Waals surface area contributed by atoms with Gasteiger partial charge < -0.3 is 26.2 Å². The molecule has 5 N–H and O–H groups in total. The van der Waals surface area contributed by atoms with Crippen molar-refractivity contribution in [3.8, 4) is 11.1 Å². The number of hydrogen-bond donors (Lipinski definition) is 4. The molecule has 2 aromatic carbocycles. The molecule has 11 nitrogen and oxygen atoms in total. The summed E-state index contributed by atoms with van der Waals surface area (Å²) in [6, 6.07) is 13.1. The lowest BCUT2D eigenvalue weighted by molar-refractivity contribution is -0.139. The van der Waals surface area contributed by atoms with E-state index in [9.17, 15) is 24.2 Å². The van der Waals surface area contributed by atoms with E-state index in [1.54, 1.807) is 30.6 Å². The summed E-state index contributed by atoms with van der Waals surface area (Å²) in [6.45, 7) is -0.507. The van der Waals surface area contributed by atoms with Crippen molar-refractivity contribution < 1.29 is 24.2 Å². The fraction of sp³-hybridized carbons (Fsp3) is 0.345. The Bertz CT molecular complexity index is 1590. The molecule has 4 aromatic rings. The number of aliphatic hydroxyl groups excluding tert-OH is 2. The lowest BCUT2D eigenvalue weighted by atomic mass is 9.86. The van der Waals surface area contributed by atoms with Crippen LogP contribution in [0, 0.1) is 0 Å². The Labute approximate surface area is 234 Å². The first-order valence-corrected chi connectivity index (χ1v) is 13.5. The average molecular weight is 560 g/mol. The number of aromatic nitrogens is 4. The summed E-state index contributed by atoms with van der Waals surface area (Å²) in [4.78, 5) is 28.0. The topological polar surface area (TPSA) is 159 Å². The summed E-state index contributed by atoms with van der Waals surface area (Å²) in [6.07, 6.45) is 0.612. The number of hydrogen-bond acceptors (Lipinski definition) is 8. The molecule has 2 amide bonds. The summed E-state index contributed by atoms with van der Waals surface area (Å²) in [5.41, 5.74) is 9.90. The van der Waals surface area contributed by atoms with Crippen LogP contribution in [0.25, 0.3) is 22.0 Å². The van der Waals surface area contributed by atoms with Crippen LogP contribution in [0.2, 0.25) is 0 Å². The Morgan fingerprint density at radius 1 is 1.15 bits per heavy atom. The molecule has 1 saturated heterocycles. The standard InChI is InChI=1S/C29H30FN7O4/c30-19-12-24(29(41)34-22-7-5-16-3-1-2-4-20(16)27(22)39)36(14-19)25(38)15-37-23-8-6-17(18-9-10-32-33-13-18)11-21(23)26(35-37)28(31)40/h1-4,6,8-11,13,19,22,24,27-28,39-40H,5,7,12,14-15,31H2,(H,34,41). The third-order valence-corrected chi connectivity index (χ3v) is 7.94. The smallest absolute Gasteiger partial charge is 0.245 e. The van der Waals surface area contributed by atoms with E-state index in [-0.39, 0.29) is 25.2 Å². The highest BCUT2D eigenvalue weighted by atomic mass is 19.1. The zero-order chi connectivity index (χ0) is 28.7. The van der Waals surface area contributed by atoms with E-state index in [2.05, 4.69) is 20.6 Å². The summed E-state index contributed by atoms with van der Waals surface area (Å²) < 4.78 is 16.0. The van der Waals surface area contributed by atoms with Crippen LogP contribution in [-0.4, -0.2) is 71.7 Å². The second-order valence-electron chi connectivity index (χ2n) is 10.5. The number of aryl methyl sites for hydroxylation is 1. The maximum Gasteiger partial charge on any atom is 0.245 e. The molecule has 2 aliphatic rings. The monoisotopic (exact) mass is 559 g/mol. The first kappa shape index (κ1) is 26.9. The van der Waals surface area contributed by atoms with E-state index in [1.807, 2.05) is 30.3 Å². The molecule has 212 valence electrons. The Balaban J connectivity index is 1.21. The minimum Gasteiger partial charge on any atom is -0.386 e. The van der Waals surface area contributed by atoms with Gasteiger partial charge in [-0.2, -0.15) is 15.3 Å². The highest BCUT2D eigenvalue weighted by Crippen LogP contribution is 2.31. The SMILES string of the molecule is NC(O)c1nn(CC(=O)N2CC(F)CC2C(=O)NC2CCc3ccccc3C2O)c2ccc(-c3ccnnc3)cc12. The molecule has 6 rings (SSSR count). The van der Waals surface area contributed by atoms with E-state index < -0.39 is 42.4 Å². The van der Waals surface area contributed by atoms with Gasteiger partial charge in [-0.15, -0.1) is 0 Å². The third-order valence-electron chi connectivity index (χ3n) is 7.94. The number of likely N-dealkylation sites (tertiary alicyclic amines) is 1. The highest BCUT2D eigenvalue weighted by molar-refractivity contribution is 5.91. The van der Waals surface area contributed by atoms with E-state index in [1.165, 1.54) is 9.58 Å². The molecule has 2 aromatic heterocycles. The van der Waals surface area contributed by atoms with Gasteiger partial charge in [0.2, 0.25) is 11.8 Å². The summed E-state index contributed by atoms with van der Waals surface area (Å²) in [7, 11) is 0. The van der Waals surface area contributed by atoms with E-state index in [0.29, 0.717) is 23.7 Å². The molecule has 12 heteroatoms. The molecule has 5 unspecified atom stereocenters. The normalized spacial score (nSPS) is 22.9. The van der Waals surface area contributed by atoms with Crippen LogP contribution in [0.3, 0.4) is 0 Å². The molecule has 0 radical (unpaired) electrons. The fourth-order valence-electron chi connectivity index (χ4n) is 5.88. The van der Waals surface area contributed by atoms with Crippen LogP contribution in [0.4, 0.5) is 4.39 Å². The van der Waals surface area contributed by atoms with Gasteiger partial charge in [-0.25, -0.2) is 4.39 Å². The minimum atomic E-state index is -1.40. The summed E-state index contributed by atoms with van der Waals surface area (Å²) in [5, 5.41) is 36.5. The predicted molar refractivity (Wildman–Crippen MR) is 147 cm³/mol. The van der Waals surface area contributed by atoms with Crippen molar-refractivity contribution in [2.45, 2.75) is 56.4 Å². The number of halogens is 1. The largest absolute Gasteiger partial charge is 0.386 e. The maximum absolute atomic E-state index is 14.6. The lowest BCUT2D eigenvalue weighted by Crippen LogP contribution is -2.51. The number of benzene rings is 2. The summed E-state index contributed by atoms with van der Waals surface area (Å²) in [5.74, 6) is -0.995. The van der Waals surface area contributed by atoms with Crippen LogP contribution < -0.4 is 11.1 Å². The number of aliphatic hydroxyl groups is 2. The number of carbonyl (C=O) groups excluding carboxylic acids is 2. The quantitative estimate of drug-likeness (QED) is 0.259. The van der Waals surface area contributed by atoms with E-state index in [4.69, 9.17) is 5.73 Å². The van der Waals surface area contributed by atoms with Crippen LogP contribution in [0.15, 0.2) is 60.9 Å². The Morgan fingerprint density at radius 3 is 2.76 bits per heavy atom. The van der Waals surface area contributed by atoms with Crippen molar-refractivity contribution in [2.24, 2.45) is 5.73 Å². The third kappa shape index (κ3) is 5.17. The molecule has 1 aliphatic heterocycles. The van der Waals surface area contributed by atoms with Crippen molar-refractivity contribution in [1.29, 1.82) is 0 Å². The highest BCUT2D eigenvalue weighted by Gasteiger charge is 2.41. The van der Waals surface area contributed by atoms with Gasteiger partial charge >= 0.3 is 0 Å². The molecule has 0 spiro atoms. The van der Waals surface area contributed by atoms with Gasteiger partial charge in [-0.1, -0.05) is 30.3 Å². The Hall–Kier alpha value is -4.26. The molecular formula is C29H30FN7O4. The van der Waals surface area contributed by atoms with Crippen molar-refractivity contribution in [3.05, 3.63) is 77.7 Å². The second-order valence-corrected chi connectivity index (χ2v) is 10.5. The van der Waals surface area contributed by atoms with E-state index in [0.717, 1.165) is 22.3 Å². The van der Waals surface area contributed by atoms with Crippen LogP contribution in [0.5, 0.6) is 0 Å². The van der Waals surface area contributed by atoms with Gasteiger partial charge in [-0.05, 0) is 47.7 Å². The molecular weight excluding hydrogens is 529 g/mol. The summed E-state index contributed by atoms with van der Waals surface area (Å²) >= 11 is 0. The second kappa shape index (κ2) is 11.0. The number of nitrogens with one attached hydrogen (secondary N) is 1. The Morgan fingerprint density at radius 2 is 1.98 bits per heavy atom. The number of nitrogens with two attached hydrogens (primary N) is 1. The average Bonchev–Trinajstić information content (AvgIpc) is 3.55. The number of nitrogens with zero attached hydrogens (tertiary/aromatic N) is 5.